The Morgan fingerprint density at radius 1 is 1.16 bits per heavy atom. The average molecular weight is 563 g/mol. The Bertz CT molecular complexity index is 1300. The molecule has 2 heterocycles. The predicted molar refractivity (Wildman–Crippen MR) is 146 cm³/mol. The van der Waals surface area contributed by atoms with E-state index in [0.717, 1.165) is 29.7 Å². The molecule has 2 aromatic carbocycles. The van der Waals surface area contributed by atoms with Crippen LogP contribution in [0.15, 0.2) is 64.0 Å². The van der Waals surface area contributed by atoms with Crippen molar-refractivity contribution >= 4 is 28.3 Å². The number of hydrogen-bond acceptors (Lipinski definition) is 7. The number of hydrogen-bond donors (Lipinski definition) is 2. The van der Waals surface area contributed by atoms with E-state index in [1.807, 2.05) is 61.6 Å². The monoisotopic (exact) mass is 562 g/mol. The fraction of sp³-hybridized carbons (Fsp3) is 0.407. The topological polar surface area (TPSA) is 116 Å². The molecule has 0 spiro atoms. The minimum absolute atomic E-state index is 0. The fourth-order valence-electron chi connectivity index (χ4n) is 4.71. The molecule has 38 heavy (non-hydrogen) atoms. The van der Waals surface area contributed by atoms with Crippen molar-refractivity contribution in [2.75, 3.05) is 26.7 Å². The van der Waals surface area contributed by atoms with E-state index in [1.165, 1.54) is 0 Å². The zero-order valence-corrected chi connectivity index (χ0v) is 23.5. The van der Waals surface area contributed by atoms with Gasteiger partial charge < -0.3 is 14.5 Å². The molecule has 2 atom stereocenters. The minimum Gasteiger partial charge on any atom is -0.392 e. The number of nitrogens with one attached hydrogen (secondary N) is 1. The summed E-state index contributed by atoms with van der Waals surface area (Å²) in [5.41, 5.74) is 2.99. The third-order valence-electron chi connectivity index (χ3n) is 6.81. The van der Waals surface area contributed by atoms with Crippen molar-refractivity contribution < 1.29 is 22.8 Å². The van der Waals surface area contributed by atoms with Crippen LogP contribution in [0.4, 0.5) is 0 Å². The van der Waals surface area contributed by atoms with Crippen LogP contribution in [-0.2, 0) is 27.8 Å². The molecule has 0 radical (unpaired) electrons. The molecule has 1 saturated heterocycles. The van der Waals surface area contributed by atoms with Gasteiger partial charge in [0, 0.05) is 33.2 Å². The Kier molecular flexibility index (Phi) is 10.1. The van der Waals surface area contributed by atoms with Gasteiger partial charge in [-0.15, -0.1) is 12.4 Å². The quantitative estimate of drug-likeness (QED) is 0.390. The number of β-amino-alcohol motifs (C(OH)–C–C–N with tert-alkyl or cyclic N) is 1. The molecule has 4 rings (SSSR count). The normalized spacial score (nSPS) is 16.7. The van der Waals surface area contributed by atoms with E-state index >= 15 is 0 Å². The highest BCUT2D eigenvalue weighted by Crippen LogP contribution is 2.24. The first-order chi connectivity index (χ1) is 17.6. The number of aromatic nitrogens is 1. The number of halogens is 1. The summed E-state index contributed by atoms with van der Waals surface area (Å²) in [4.78, 5) is 17.3. The van der Waals surface area contributed by atoms with Gasteiger partial charge in [0.1, 0.15) is 10.6 Å². The minimum atomic E-state index is -3.75. The summed E-state index contributed by atoms with van der Waals surface area (Å²) in [7, 11) is -1.93. The van der Waals surface area contributed by atoms with Gasteiger partial charge >= 0.3 is 0 Å². The molecule has 2 N–H and O–H groups in total. The first-order valence-corrected chi connectivity index (χ1v) is 13.8. The van der Waals surface area contributed by atoms with Gasteiger partial charge in [0.25, 0.3) is 0 Å². The van der Waals surface area contributed by atoms with E-state index in [9.17, 15) is 18.3 Å². The Morgan fingerprint density at radius 2 is 1.82 bits per heavy atom. The number of rotatable bonds is 10. The summed E-state index contributed by atoms with van der Waals surface area (Å²) < 4.78 is 32.8. The maximum absolute atomic E-state index is 13.3. The summed E-state index contributed by atoms with van der Waals surface area (Å²) in [6, 6.07) is 17.2. The maximum Gasteiger partial charge on any atom is 0.246 e. The maximum atomic E-state index is 13.3. The van der Waals surface area contributed by atoms with Gasteiger partial charge in [-0.3, -0.25) is 9.69 Å². The zero-order valence-electron chi connectivity index (χ0n) is 21.8. The second-order valence-electron chi connectivity index (χ2n) is 9.60. The van der Waals surface area contributed by atoms with Crippen molar-refractivity contribution in [2.24, 2.45) is 0 Å². The number of carbonyl (C=O) groups excluding carboxylic acids is 1. The summed E-state index contributed by atoms with van der Waals surface area (Å²) >= 11 is 0. The molecule has 0 aliphatic carbocycles. The van der Waals surface area contributed by atoms with Crippen LogP contribution in [0.25, 0.3) is 0 Å². The van der Waals surface area contributed by atoms with E-state index in [1.54, 1.807) is 18.7 Å². The molecule has 0 unspecified atom stereocenters. The number of carbonyl (C=O) groups is 1. The number of aliphatic hydroxyl groups excluding tert-OH is 1. The van der Waals surface area contributed by atoms with Crippen LogP contribution in [0.5, 0.6) is 0 Å². The van der Waals surface area contributed by atoms with Crippen LogP contribution in [0.3, 0.4) is 0 Å². The molecule has 11 heteroatoms. The molecule has 1 aliphatic rings. The van der Waals surface area contributed by atoms with Crippen molar-refractivity contribution in [3.8, 4) is 0 Å². The Hall–Kier alpha value is -2.76. The molecule has 1 amide bonds. The van der Waals surface area contributed by atoms with Crippen LogP contribution >= 0.6 is 12.4 Å². The Morgan fingerprint density at radius 3 is 2.39 bits per heavy atom. The highest BCUT2D eigenvalue weighted by Gasteiger charge is 2.28. The number of amides is 1. The van der Waals surface area contributed by atoms with Crippen molar-refractivity contribution in [3.63, 3.8) is 0 Å². The van der Waals surface area contributed by atoms with Crippen LogP contribution in [0.1, 0.15) is 40.6 Å². The van der Waals surface area contributed by atoms with Gasteiger partial charge in [-0.2, -0.15) is 0 Å². The third-order valence-corrected chi connectivity index (χ3v) is 8.45. The number of benzene rings is 2. The molecule has 206 valence electrons. The fourth-order valence-corrected chi connectivity index (χ4v) is 6.05. The van der Waals surface area contributed by atoms with Gasteiger partial charge in [0.05, 0.1) is 18.6 Å². The van der Waals surface area contributed by atoms with Crippen molar-refractivity contribution in [2.45, 2.75) is 50.3 Å². The van der Waals surface area contributed by atoms with Crippen molar-refractivity contribution in [1.29, 1.82) is 0 Å². The lowest BCUT2D eigenvalue weighted by Crippen LogP contribution is -2.39. The number of aliphatic hydroxyl groups is 1. The molecule has 1 fully saturated rings. The van der Waals surface area contributed by atoms with Crippen molar-refractivity contribution in [3.05, 3.63) is 82.7 Å². The number of sulfonamides is 1. The molecule has 3 aromatic rings. The summed E-state index contributed by atoms with van der Waals surface area (Å²) in [5, 5.41) is 13.6. The SMILES string of the molecule is Cc1noc(C)c1S(=O)(=O)NCc1ccc(CC(=O)N(C)[C@H](CN2CC[C@H](O)C2)c2ccccc2)cc1.Cl. The first-order valence-electron chi connectivity index (χ1n) is 12.4. The smallest absolute Gasteiger partial charge is 0.246 e. The van der Waals surface area contributed by atoms with Crippen LogP contribution < -0.4 is 4.72 Å². The molecular weight excluding hydrogens is 528 g/mol. The van der Waals surface area contributed by atoms with Crippen LogP contribution in [0, 0.1) is 13.8 Å². The van der Waals surface area contributed by atoms with E-state index in [2.05, 4.69) is 14.8 Å². The summed E-state index contributed by atoms with van der Waals surface area (Å²) in [6.07, 6.45) is 0.665. The number of nitrogens with zero attached hydrogens (tertiary/aromatic N) is 3. The predicted octanol–water partition coefficient (Wildman–Crippen LogP) is 3.00. The number of aryl methyl sites for hydroxylation is 2. The largest absolute Gasteiger partial charge is 0.392 e. The number of likely N-dealkylation sites (tertiary alicyclic amines) is 1. The van der Waals surface area contributed by atoms with Crippen LogP contribution in [-0.4, -0.2) is 67.2 Å². The van der Waals surface area contributed by atoms with Crippen LogP contribution in [0.2, 0.25) is 0 Å². The standard InChI is InChI=1S/C27H34N4O5S.ClH/c1-19-27(20(2)36-29-19)37(34,35)28-16-22-11-9-21(10-12-22)15-26(33)30(3)25(23-7-5-4-6-8-23)18-31-14-13-24(32)17-31;/h4-12,24-25,28,32H,13-18H2,1-3H3;1H/t24-,25+;/m0./s1. The average Bonchev–Trinajstić information content (AvgIpc) is 3.46. The molecule has 1 aromatic heterocycles. The van der Waals surface area contributed by atoms with E-state index in [0.29, 0.717) is 18.8 Å². The van der Waals surface area contributed by atoms with Gasteiger partial charge in [-0.1, -0.05) is 59.8 Å². The second-order valence-corrected chi connectivity index (χ2v) is 11.3. The summed E-state index contributed by atoms with van der Waals surface area (Å²) in [6.45, 7) is 5.35. The van der Waals surface area contributed by atoms with Gasteiger partial charge in [-0.05, 0) is 37.0 Å². The van der Waals surface area contributed by atoms with E-state index < -0.39 is 10.0 Å². The zero-order chi connectivity index (χ0) is 26.6. The molecular formula is C27H35ClN4O5S. The Labute approximate surface area is 230 Å². The molecule has 0 bridgehead atoms. The first kappa shape index (κ1) is 29.8. The highest BCUT2D eigenvalue weighted by molar-refractivity contribution is 7.89. The molecule has 1 aliphatic heterocycles. The molecule has 9 nitrogen and oxygen atoms in total. The van der Waals surface area contributed by atoms with Gasteiger partial charge in [-0.25, -0.2) is 13.1 Å². The van der Waals surface area contributed by atoms with Crippen molar-refractivity contribution in [1.82, 2.24) is 19.7 Å². The van der Waals surface area contributed by atoms with E-state index in [4.69, 9.17) is 4.52 Å². The van der Waals surface area contributed by atoms with Gasteiger partial charge in [0.15, 0.2) is 5.76 Å². The third kappa shape index (κ3) is 7.21. The Balaban J connectivity index is 0.00000400. The number of likely N-dealkylation sites (N-methyl/N-ethyl adjacent to an activating group) is 1. The highest BCUT2D eigenvalue weighted by atomic mass is 35.5. The summed E-state index contributed by atoms with van der Waals surface area (Å²) in [5.74, 6) is 0.234. The molecule has 0 saturated carbocycles. The van der Waals surface area contributed by atoms with Gasteiger partial charge in [0.2, 0.25) is 15.9 Å². The lowest BCUT2D eigenvalue weighted by Gasteiger charge is -2.32. The van der Waals surface area contributed by atoms with E-state index in [-0.39, 0.29) is 54.1 Å². The lowest BCUT2D eigenvalue weighted by atomic mass is 10.0. The lowest BCUT2D eigenvalue weighted by molar-refractivity contribution is -0.131. The second kappa shape index (κ2) is 12.9.